The van der Waals surface area contributed by atoms with Gasteiger partial charge in [-0.2, -0.15) is 0 Å². The minimum atomic E-state index is 0.109. The first-order valence-electron chi connectivity index (χ1n) is 6.93. The van der Waals surface area contributed by atoms with E-state index in [1.807, 2.05) is 23.1 Å². The van der Waals surface area contributed by atoms with E-state index in [9.17, 15) is 4.79 Å². The van der Waals surface area contributed by atoms with Crippen molar-refractivity contribution in [2.24, 2.45) is 0 Å². The van der Waals surface area contributed by atoms with Crippen molar-refractivity contribution in [3.8, 4) is 0 Å². The Hall–Kier alpha value is -1.84. The summed E-state index contributed by atoms with van der Waals surface area (Å²) in [4.78, 5) is 22.2. The molecule has 1 aliphatic heterocycles. The number of imidazole rings is 1. The molecule has 0 saturated carbocycles. The lowest BCUT2D eigenvalue weighted by Crippen LogP contribution is -2.47. The second-order valence-corrected chi connectivity index (χ2v) is 5.45. The molecule has 1 aromatic heterocycles. The average molecular weight is 257 g/mol. The molecule has 1 saturated heterocycles. The van der Waals surface area contributed by atoms with Crippen molar-refractivity contribution >= 4 is 16.9 Å². The molecule has 3 rings (SSSR count). The fraction of sp³-hybridized carbons (Fsp3) is 0.467. The van der Waals surface area contributed by atoms with Crippen LogP contribution in [0.3, 0.4) is 0 Å². The third kappa shape index (κ3) is 2.01. The Morgan fingerprint density at radius 3 is 2.79 bits per heavy atom. The van der Waals surface area contributed by atoms with Gasteiger partial charge in [0.1, 0.15) is 5.52 Å². The maximum Gasteiger partial charge on any atom is 0.256 e. The molecule has 2 atom stereocenters. The van der Waals surface area contributed by atoms with Gasteiger partial charge in [-0.15, -0.1) is 0 Å². The number of para-hydroxylation sites is 1. The van der Waals surface area contributed by atoms with E-state index in [2.05, 4.69) is 23.8 Å². The predicted octanol–water partition coefficient (Wildman–Crippen LogP) is 2.97. The van der Waals surface area contributed by atoms with Gasteiger partial charge in [0.05, 0.1) is 17.4 Å². The third-order valence-electron chi connectivity index (χ3n) is 4.11. The summed E-state index contributed by atoms with van der Waals surface area (Å²) in [6.07, 6.45) is 5.03. The van der Waals surface area contributed by atoms with Crippen LogP contribution in [-0.2, 0) is 0 Å². The topological polar surface area (TPSA) is 49.0 Å². The lowest BCUT2D eigenvalue weighted by molar-refractivity contribution is 0.0512. The Kier molecular flexibility index (Phi) is 3.01. The van der Waals surface area contributed by atoms with Crippen molar-refractivity contribution in [1.82, 2.24) is 14.9 Å². The summed E-state index contributed by atoms with van der Waals surface area (Å²) >= 11 is 0. The summed E-state index contributed by atoms with van der Waals surface area (Å²) in [5.74, 6) is 0.109. The molecule has 2 aromatic rings. The zero-order valence-electron chi connectivity index (χ0n) is 11.4. The first-order chi connectivity index (χ1) is 9.18. The summed E-state index contributed by atoms with van der Waals surface area (Å²) in [5, 5.41) is 0. The first-order valence-corrected chi connectivity index (χ1v) is 6.93. The van der Waals surface area contributed by atoms with Crippen LogP contribution >= 0.6 is 0 Å². The van der Waals surface area contributed by atoms with Gasteiger partial charge in [0, 0.05) is 12.1 Å². The molecule has 19 heavy (non-hydrogen) atoms. The molecule has 1 N–H and O–H groups in total. The summed E-state index contributed by atoms with van der Waals surface area (Å²) in [5.41, 5.74) is 2.40. The van der Waals surface area contributed by atoms with E-state index in [0.29, 0.717) is 17.6 Å². The highest BCUT2D eigenvalue weighted by Crippen LogP contribution is 2.26. The molecule has 0 spiro atoms. The number of piperidine rings is 1. The van der Waals surface area contributed by atoms with Crippen LogP contribution in [0.2, 0.25) is 0 Å². The highest BCUT2D eigenvalue weighted by atomic mass is 16.2. The summed E-state index contributed by atoms with van der Waals surface area (Å²) in [6.45, 7) is 4.27. The number of H-pyrrole nitrogens is 1. The Balaban J connectivity index is 2.01. The lowest BCUT2D eigenvalue weighted by atomic mass is 9.96. The number of fused-ring (bicyclic) bond motifs is 1. The molecule has 100 valence electrons. The number of carbonyl (C=O) groups is 1. The zero-order chi connectivity index (χ0) is 13.4. The summed E-state index contributed by atoms with van der Waals surface area (Å²) in [6, 6.07) is 6.35. The van der Waals surface area contributed by atoms with Crippen molar-refractivity contribution in [2.75, 3.05) is 0 Å². The van der Waals surface area contributed by atoms with E-state index in [1.165, 1.54) is 6.42 Å². The number of carbonyl (C=O) groups excluding carboxylic acids is 1. The number of aromatic amines is 1. The van der Waals surface area contributed by atoms with Gasteiger partial charge in [-0.25, -0.2) is 4.98 Å². The van der Waals surface area contributed by atoms with Crippen LogP contribution in [0.15, 0.2) is 24.5 Å². The number of amides is 1. The van der Waals surface area contributed by atoms with Gasteiger partial charge in [0.15, 0.2) is 0 Å². The minimum absolute atomic E-state index is 0.109. The van der Waals surface area contributed by atoms with Crippen LogP contribution in [-0.4, -0.2) is 32.9 Å². The van der Waals surface area contributed by atoms with Gasteiger partial charge < -0.3 is 9.88 Å². The number of hydrogen-bond donors (Lipinski definition) is 1. The lowest BCUT2D eigenvalue weighted by Gasteiger charge is -2.39. The number of benzene rings is 1. The number of nitrogens with one attached hydrogen (secondary N) is 1. The quantitative estimate of drug-likeness (QED) is 0.853. The molecule has 2 unspecified atom stereocenters. The van der Waals surface area contributed by atoms with Crippen molar-refractivity contribution in [3.05, 3.63) is 30.1 Å². The van der Waals surface area contributed by atoms with Crippen molar-refractivity contribution in [3.63, 3.8) is 0 Å². The minimum Gasteiger partial charge on any atom is -0.345 e. The smallest absolute Gasteiger partial charge is 0.256 e. The van der Waals surface area contributed by atoms with Crippen LogP contribution in [0.25, 0.3) is 11.0 Å². The van der Waals surface area contributed by atoms with Crippen LogP contribution in [0.1, 0.15) is 43.5 Å². The molecular weight excluding hydrogens is 238 g/mol. The SMILES string of the molecule is CC1CCCC(C)N1C(=O)c1cccc2[nH]cnc12. The highest BCUT2D eigenvalue weighted by Gasteiger charge is 2.30. The van der Waals surface area contributed by atoms with E-state index in [0.717, 1.165) is 23.9 Å². The molecular formula is C15H19N3O. The molecule has 2 heterocycles. The second-order valence-electron chi connectivity index (χ2n) is 5.45. The van der Waals surface area contributed by atoms with E-state index >= 15 is 0 Å². The first kappa shape index (κ1) is 12.2. The van der Waals surface area contributed by atoms with E-state index in [1.54, 1.807) is 6.33 Å². The Morgan fingerprint density at radius 1 is 1.32 bits per heavy atom. The van der Waals surface area contributed by atoms with Gasteiger partial charge in [-0.05, 0) is 45.2 Å². The monoisotopic (exact) mass is 257 g/mol. The number of aromatic nitrogens is 2. The maximum absolute atomic E-state index is 12.8. The fourth-order valence-electron chi connectivity index (χ4n) is 3.10. The Labute approximate surface area is 112 Å². The summed E-state index contributed by atoms with van der Waals surface area (Å²) < 4.78 is 0. The van der Waals surface area contributed by atoms with E-state index in [4.69, 9.17) is 0 Å². The van der Waals surface area contributed by atoms with Crippen LogP contribution in [0.5, 0.6) is 0 Å². The predicted molar refractivity (Wildman–Crippen MR) is 75.0 cm³/mol. The summed E-state index contributed by atoms with van der Waals surface area (Å²) in [7, 11) is 0. The normalized spacial score (nSPS) is 23.8. The van der Waals surface area contributed by atoms with Crippen LogP contribution < -0.4 is 0 Å². The van der Waals surface area contributed by atoms with Gasteiger partial charge in [-0.1, -0.05) is 6.07 Å². The zero-order valence-corrected chi connectivity index (χ0v) is 11.4. The third-order valence-corrected chi connectivity index (χ3v) is 4.11. The Bertz CT molecular complexity index is 594. The molecule has 0 bridgehead atoms. The number of rotatable bonds is 1. The van der Waals surface area contributed by atoms with Crippen LogP contribution in [0, 0.1) is 0 Å². The molecule has 0 aliphatic carbocycles. The van der Waals surface area contributed by atoms with Gasteiger partial charge >= 0.3 is 0 Å². The molecule has 1 aromatic carbocycles. The molecule has 4 heteroatoms. The molecule has 4 nitrogen and oxygen atoms in total. The van der Waals surface area contributed by atoms with Crippen molar-refractivity contribution in [1.29, 1.82) is 0 Å². The van der Waals surface area contributed by atoms with Gasteiger partial charge in [0.25, 0.3) is 5.91 Å². The van der Waals surface area contributed by atoms with Gasteiger partial charge in [0.2, 0.25) is 0 Å². The molecule has 1 fully saturated rings. The van der Waals surface area contributed by atoms with E-state index in [-0.39, 0.29) is 5.91 Å². The average Bonchev–Trinajstić information content (AvgIpc) is 2.86. The largest absolute Gasteiger partial charge is 0.345 e. The Morgan fingerprint density at radius 2 is 2.05 bits per heavy atom. The number of hydrogen-bond acceptors (Lipinski definition) is 2. The van der Waals surface area contributed by atoms with E-state index < -0.39 is 0 Å². The molecule has 1 aliphatic rings. The second kappa shape index (κ2) is 4.68. The maximum atomic E-state index is 12.8. The molecule has 1 amide bonds. The van der Waals surface area contributed by atoms with Gasteiger partial charge in [-0.3, -0.25) is 4.79 Å². The van der Waals surface area contributed by atoms with Crippen molar-refractivity contribution < 1.29 is 4.79 Å². The highest BCUT2D eigenvalue weighted by molar-refractivity contribution is 6.05. The number of nitrogens with zero attached hydrogens (tertiary/aromatic N) is 2. The van der Waals surface area contributed by atoms with Crippen molar-refractivity contribution in [2.45, 2.75) is 45.2 Å². The number of likely N-dealkylation sites (tertiary alicyclic amines) is 1. The molecule has 0 radical (unpaired) electrons. The van der Waals surface area contributed by atoms with Crippen LogP contribution in [0.4, 0.5) is 0 Å². The standard InChI is InChI=1S/C15H19N3O/c1-10-5-3-6-11(2)18(10)15(19)12-7-4-8-13-14(12)17-9-16-13/h4,7-11H,3,5-6H2,1-2H3,(H,16,17). The fourth-order valence-corrected chi connectivity index (χ4v) is 3.10.